The lowest BCUT2D eigenvalue weighted by Crippen LogP contribution is -2.53. The van der Waals surface area contributed by atoms with E-state index in [2.05, 4.69) is 5.32 Å². The van der Waals surface area contributed by atoms with E-state index in [4.69, 9.17) is 16.3 Å². The van der Waals surface area contributed by atoms with Gasteiger partial charge in [0.05, 0.1) is 17.2 Å². The largest absolute Gasteiger partial charge is 0.492 e. The molecule has 1 N–H and O–H groups in total. The first-order valence-corrected chi connectivity index (χ1v) is 16.1. The number of hydrogen-bond donors (Lipinski definition) is 1. The van der Waals surface area contributed by atoms with Gasteiger partial charge in [0.25, 0.3) is 10.0 Å². The molecule has 0 unspecified atom stereocenters. The summed E-state index contributed by atoms with van der Waals surface area (Å²) in [7, 11) is -2.75. The average Bonchev–Trinajstić information content (AvgIpc) is 3.03. The predicted molar refractivity (Wildman–Crippen MR) is 173 cm³/mol. The lowest BCUT2D eigenvalue weighted by atomic mass is 10.0. The first-order chi connectivity index (χ1) is 21.1. The van der Waals surface area contributed by atoms with E-state index >= 15 is 0 Å². The first kappa shape index (κ1) is 32.6. The number of benzene rings is 4. The molecule has 1 atom stereocenters. The van der Waals surface area contributed by atoms with E-state index in [1.165, 1.54) is 24.1 Å². The maximum Gasteiger partial charge on any atom is 0.264 e. The van der Waals surface area contributed by atoms with Gasteiger partial charge < -0.3 is 15.0 Å². The van der Waals surface area contributed by atoms with Gasteiger partial charge in [0.2, 0.25) is 11.8 Å². The number of para-hydroxylation sites is 2. The minimum absolute atomic E-state index is 0.0189. The van der Waals surface area contributed by atoms with Crippen molar-refractivity contribution < 1.29 is 22.7 Å². The van der Waals surface area contributed by atoms with Gasteiger partial charge in [-0.25, -0.2) is 8.42 Å². The van der Waals surface area contributed by atoms with E-state index in [1.807, 2.05) is 37.3 Å². The highest BCUT2D eigenvalue weighted by molar-refractivity contribution is 7.92. The third-order valence-corrected chi connectivity index (χ3v) is 9.28. The summed E-state index contributed by atoms with van der Waals surface area (Å²) < 4.78 is 35.3. The average molecular weight is 634 g/mol. The molecule has 0 saturated carbocycles. The van der Waals surface area contributed by atoms with Crippen LogP contribution in [0.4, 0.5) is 5.69 Å². The summed E-state index contributed by atoms with van der Waals surface area (Å²) in [6.45, 7) is 3.34. The Labute approximate surface area is 264 Å². The van der Waals surface area contributed by atoms with Crippen molar-refractivity contribution in [1.29, 1.82) is 0 Å². The van der Waals surface area contributed by atoms with Crippen LogP contribution in [-0.4, -0.2) is 51.4 Å². The Morgan fingerprint density at radius 2 is 1.52 bits per heavy atom. The zero-order valence-corrected chi connectivity index (χ0v) is 26.5. The highest BCUT2D eigenvalue weighted by Crippen LogP contribution is 2.33. The van der Waals surface area contributed by atoms with Gasteiger partial charge in [0.1, 0.15) is 18.3 Å². The second-order valence-electron chi connectivity index (χ2n) is 10.2. The van der Waals surface area contributed by atoms with Crippen LogP contribution < -0.4 is 14.4 Å². The third kappa shape index (κ3) is 7.78. The Bertz CT molecular complexity index is 1680. The zero-order valence-electron chi connectivity index (χ0n) is 24.9. The van der Waals surface area contributed by atoms with Crippen LogP contribution in [-0.2, 0) is 32.6 Å². The van der Waals surface area contributed by atoms with Gasteiger partial charge in [-0.3, -0.25) is 13.9 Å². The number of halogens is 1. The summed E-state index contributed by atoms with van der Waals surface area (Å²) in [5.41, 5.74) is 2.55. The fourth-order valence-corrected chi connectivity index (χ4v) is 6.44. The normalized spacial score (nSPS) is 11.8. The zero-order chi connectivity index (χ0) is 31.7. The van der Waals surface area contributed by atoms with Crippen LogP contribution in [0.25, 0.3) is 0 Å². The molecule has 8 nitrogen and oxygen atoms in total. The van der Waals surface area contributed by atoms with Gasteiger partial charge in [-0.2, -0.15) is 0 Å². The van der Waals surface area contributed by atoms with Crippen LogP contribution in [0.3, 0.4) is 0 Å². The Morgan fingerprint density at radius 3 is 2.18 bits per heavy atom. The van der Waals surface area contributed by atoms with Crippen LogP contribution in [0.15, 0.2) is 108 Å². The summed E-state index contributed by atoms with van der Waals surface area (Å²) in [5, 5.41) is 3.10. The van der Waals surface area contributed by atoms with E-state index in [0.717, 1.165) is 15.4 Å². The standard InChI is InChI=1S/C34H36ClN3O5S/c1-4-43-32-17-11-10-16-30(32)38(44(41,42)28-20-18-25(2)19-21-28)24-33(39)37(23-27-14-8-9-15-29(27)35)31(34(40)36-3)22-26-12-6-5-7-13-26/h5-21,31H,4,22-24H2,1-3H3,(H,36,40)/t31-/m0/s1. The fourth-order valence-electron chi connectivity index (χ4n) is 4.82. The maximum absolute atomic E-state index is 14.5. The summed E-state index contributed by atoms with van der Waals surface area (Å²) in [5.74, 6) is -0.670. The highest BCUT2D eigenvalue weighted by atomic mass is 35.5. The molecule has 0 aromatic heterocycles. The molecule has 4 aromatic rings. The molecule has 4 aromatic carbocycles. The second-order valence-corrected chi connectivity index (χ2v) is 12.4. The number of anilines is 1. The van der Waals surface area contributed by atoms with Gasteiger partial charge in [0, 0.05) is 25.0 Å². The number of carbonyl (C=O) groups is 2. The maximum atomic E-state index is 14.5. The molecule has 0 aliphatic heterocycles. The lowest BCUT2D eigenvalue weighted by Gasteiger charge is -2.34. The van der Waals surface area contributed by atoms with Crippen LogP contribution in [0.2, 0.25) is 5.02 Å². The summed E-state index contributed by atoms with van der Waals surface area (Å²) >= 11 is 6.51. The number of rotatable bonds is 13. The molecular formula is C34H36ClN3O5S. The number of ether oxygens (including phenoxy) is 1. The van der Waals surface area contributed by atoms with Crippen molar-refractivity contribution >= 4 is 39.1 Å². The van der Waals surface area contributed by atoms with Gasteiger partial charge in [-0.15, -0.1) is 0 Å². The molecular weight excluding hydrogens is 598 g/mol. The number of nitrogens with one attached hydrogen (secondary N) is 1. The molecule has 0 heterocycles. The van der Waals surface area contributed by atoms with Crippen LogP contribution >= 0.6 is 11.6 Å². The van der Waals surface area contributed by atoms with Gasteiger partial charge in [0.15, 0.2) is 0 Å². The first-order valence-electron chi connectivity index (χ1n) is 14.2. The minimum Gasteiger partial charge on any atom is -0.492 e. The second kappa shape index (κ2) is 14.9. The highest BCUT2D eigenvalue weighted by Gasteiger charge is 2.35. The molecule has 230 valence electrons. The number of hydrogen-bond acceptors (Lipinski definition) is 5. The Morgan fingerprint density at radius 1 is 0.886 bits per heavy atom. The van der Waals surface area contributed by atoms with Crippen molar-refractivity contribution in [1.82, 2.24) is 10.2 Å². The molecule has 0 spiro atoms. The quantitative estimate of drug-likeness (QED) is 0.206. The monoisotopic (exact) mass is 633 g/mol. The van der Waals surface area contributed by atoms with Crippen molar-refractivity contribution in [2.45, 2.75) is 37.8 Å². The van der Waals surface area contributed by atoms with Crippen molar-refractivity contribution in [2.75, 3.05) is 24.5 Å². The summed E-state index contributed by atoms with van der Waals surface area (Å²) in [4.78, 5) is 29.3. The molecule has 4 rings (SSSR count). The van der Waals surface area contributed by atoms with Crippen LogP contribution in [0, 0.1) is 6.92 Å². The Balaban J connectivity index is 1.83. The van der Waals surface area contributed by atoms with Crippen LogP contribution in [0.5, 0.6) is 5.75 Å². The summed E-state index contributed by atoms with van der Waals surface area (Å²) in [6.07, 6.45) is 0.205. The van der Waals surface area contributed by atoms with Crippen molar-refractivity contribution in [3.05, 3.63) is 125 Å². The summed E-state index contributed by atoms with van der Waals surface area (Å²) in [6, 6.07) is 28.5. The molecule has 0 fully saturated rings. The molecule has 2 amide bonds. The molecule has 0 radical (unpaired) electrons. The van der Waals surface area contributed by atoms with Crippen molar-refractivity contribution in [2.24, 2.45) is 0 Å². The number of amides is 2. The molecule has 0 aliphatic rings. The number of nitrogens with zero attached hydrogens (tertiary/aromatic N) is 2. The fraction of sp³-hybridized carbons (Fsp3) is 0.235. The number of sulfonamides is 1. The molecule has 0 bridgehead atoms. The van der Waals surface area contributed by atoms with E-state index < -0.39 is 34.4 Å². The topological polar surface area (TPSA) is 96.0 Å². The van der Waals surface area contributed by atoms with Gasteiger partial charge in [-0.1, -0.05) is 90.0 Å². The minimum atomic E-state index is -4.25. The Kier molecular flexibility index (Phi) is 11.0. The predicted octanol–water partition coefficient (Wildman–Crippen LogP) is 5.63. The van der Waals surface area contributed by atoms with Crippen LogP contribution in [0.1, 0.15) is 23.6 Å². The number of aryl methyl sites for hydroxylation is 1. The SMILES string of the molecule is CCOc1ccccc1N(CC(=O)N(Cc1ccccc1Cl)[C@@H](Cc1ccccc1)C(=O)NC)S(=O)(=O)c1ccc(C)cc1. The molecule has 0 saturated heterocycles. The van der Waals surface area contributed by atoms with Gasteiger partial charge in [-0.05, 0) is 55.3 Å². The molecule has 44 heavy (non-hydrogen) atoms. The van der Waals surface area contributed by atoms with E-state index in [0.29, 0.717) is 16.3 Å². The third-order valence-electron chi connectivity index (χ3n) is 7.14. The smallest absolute Gasteiger partial charge is 0.264 e. The molecule has 0 aliphatic carbocycles. The van der Waals surface area contributed by atoms with Crippen molar-refractivity contribution in [3.63, 3.8) is 0 Å². The van der Waals surface area contributed by atoms with Gasteiger partial charge >= 0.3 is 0 Å². The Hall–Kier alpha value is -4.34. The van der Waals surface area contributed by atoms with Crippen molar-refractivity contribution in [3.8, 4) is 5.75 Å². The van der Waals surface area contributed by atoms with E-state index in [-0.39, 0.29) is 30.2 Å². The van der Waals surface area contributed by atoms with E-state index in [1.54, 1.807) is 67.6 Å². The number of likely N-dealkylation sites (N-methyl/N-ethyl adjacent to an activating group) is 1. The number of carbonyl (C=O) groups excluding carboxylic acids is 2. The lowest BCUT2D eigenvalue weighted by molar-refractivity contribution is -0.139. The van der Waals surface area contributed by atoms with E-state index in [9.17, 15) is 18.0 Å². The molecule has 10 heteroatoms.